The molecule has 0 spiro atoms. The van der Waals surface area contributed by atoms with Gasteiger partial charge >= 0.3 is 0 Å². The largest absolute Gasteiger partial charge is 0.502 e. The molecule has 4 aromatic rings. The van der Waals surface area contributed by atoms with Crippen LogP contribution in [0.3, 0.4) is 0 Å². The number of H-pyrrole nitrogens is 1. The van der Waals surface area contributed by atoms with Gasteiger partial charge in [0.05, 0.1) is 12.0 Å². The molecule has 0 fully saturated rings. The number of ketones is 1. The Labute approximate surface area is 176 Å². The van der Waals surface area contributed by atoms with Gasteiger partial charge in [0.1, 0.15) is 18.3 Å². The SMILES string of the molecule is N#CC(C(=O)c1c[nH]c2ccccc12)C(c1ccccc1)c1oc(CO)cc(=O)c1O. The number of fused-ring (bicyclic) bond motifs is 1. The quantitative estimate of drug-likeness (QED) is 0.415. The highest BCUT2D eigenvalue weighted by Gasteiger charge is 2.37. The second kappa shape index (κ2) is 8.30. The van der Waals surface area contributed by atoms with Crippen LogP contribution < -0.4 is 5.43 Å². The smallest absolute Gasteiger partial charge is 0.227 e. The molecule has 2 atom stereocenters. The van der Waals surface area contributed by atoms with Crippen molar-refractivity contribution in [3.05, 3.63) is 99.7 Å². The monoisotopic (exact) mass is 414 g/mol. The zero-order valence-corrected chi connectivity index (χ0v) is 16.3. The van der Waals surface area contributed by atoms with E-state index in [9.17, 15) is 25.1 Å². The van der Waals surface area contributed by atoms with Gasteiger partial charge in [-0.15, -0.1) is 0 Å². The van der Waals surface area contributed by atoms with Crippen molar-refractivity contribution in [1.82, 2.24) is 4.98 Å². The average molecular weight is 414 g/mol. The van der Waals surface area contributed by atoms with Crippen LogP contribution >= 0.6 is 0 Å². The zero-order valence-electron chi connectivity index (χ0n) is 16.3. The molecular formula is C24H18N2O5. The fourth-order valence-electron chi connectivity index (χ4n) is 3.73. The van der Waals surface area contributed by atoms with E-state index in [2.05, 4.69) is 4.98 Å². The molecule has 0 radical (unpaired) electrons. The second-order valence-corrected chi connectivity index (χ2v) is 7.06. The molecule has 0 aliphatic carbocycles. The molecule has 4 rings (SSSR count). The van der Waals surface area contributed by atoms with Crippen LogP contribution in [0.1, 0.15) is 33.4 Å². The molecule has 0 bridgehead atoms. The lowest BCUT2D eigenvalue weighted by molar-refractivity contribution is 0.0935. The summed E-state index contributed by atoms with van der Waals surface area (Å²) in [5, 5.41) is 30.6. The molecule has 2 aromatic heterocycles. The summed E-state index contributed by atoms with van der Waals surface area (Å²) < 4.78 is 5.58. The minimum atomic E-state index is -1.30. The number of hydrogen-bond acceptors (Lipinski definition) is 6. The number of benzene rings is 2. The predicted molar refractivity (Wildman–Crippen MR) is 113 cm³/mol. The fraction of sp³-hybridized carbons (Fsp3) is 0.125. The molecular weight excluding hydrogens is 396 g/mol. The summed E-state index contributed by atoms with van der Waals surface area (Å²) in [7, 11) is 0. The summed E-state index contributed by atoms with van der Waals surface area (Å²) in [5.74, 6) is -3.85. The number of nitrogens with zero attached hydrogens (tertiary/aromatic N) is 1. The van der Waals surface area contributed by atoms with E-state index in [-0.39, 0.29) is 11.5 Å². The van der Waals surface area contributed by atoms with Crippen molar-refractivity contribution in [1.29, 1.82) is 5.26 Å². The van der Waals surface area contributed by atoms with Crippen LogP contribution in [-0.4, -0.2) is 21.0 Å². The van der Waals surface area contributed by atoms with Crippen LogP contribution in [0, 0.1) is 17.2 Å². The van der Waals surface area contributed by atoms with Crippen LogP contribution in [-0.2, 0) is 6.61 Å². The Bertz CT molecular complexity index is 1350. The maximum absolute atomic E-state index is 13.5. The maximum atomic E-state index is 13.5. The van der Waals surface area contributed by atoms with Crippen molar-refractivity contribution in [3.8, 4) is 11.8 Å². The van der Waals surface area contributed by atoms with Crippen molar-refractivity contribution in [2.75, 3.05) is 0 Å². The number of nitrogens with one attached hydrogen (secondary N) is 1. The number of carbonyl (C=O) groups is 1. The van der Waals surface area contributed by atoms with Gasteiger partial charge in [-0.1, -0.05) is 48.5 Å². The molecule has 0 saturated carbocycles. The number of aliphatic hydroxyl groups excluding tert-OH is 1. The van der Waals surface area contributed by atoms with Crippen molar-refractivity contribution >= 4 is 16.7 Å². The highest BCUT2D eigenvalue weighted by molar-refractivity contribution is 6.10. The number of para-hydroxylation sites is 1. The summed E-state index contributed by atoms with van der Waals surface area (Å²) in [6.07, 6.45) is 1.54. The van der Waals surface area contributed by atoms with Crippen LogP contribution in [0.15, 0.2) is 76.1 Å². The van der Waals surface area contributed by atoms with Gasteiger partial charge in [0.2, 0.25) is 11.2 Å². The van der Waals surface area contributed by atoms with Gasteiger partial charge in [0.25, 0.3) is 0 Å². The highest BCUT2D eigenvalue weighted by Crippen LogP contribution is 2.38. The van der Waals surface area contributed by atoms with Gasteiger partial charge in [-0.05, 0) is 11.6 Å². The number of Topliss-reactive ketones (excluding diaryl/α,β-unsaturated/α-hetero) is 1. The summed E-state index contributed by atoms with van der Waals surface area (Å²) in [6, 6.07) is 18.8. The number of nitriles is 1. The Kier molecular flexibility index (Phi) is 5.39. The van der Waals surface area contributed by atoms with Gasteiger partial charge in [-0.3, -0.25) is 9.59 Å². The normalized spacial score (nSPS) is 12.9. The van der Waals surface area contributed by atoms with E-state index in [1.807, 2.05) is 18.2 Å². The topological polar surface area (TPSA) is 127 Å². The van der Waals surface area contributed by atoms with E-state index in [1.165, 1.54) is 0 Å². The molecule has 0 saturated heterocycles. The number of aromatic hydroxyl groups is 1. The number of rotatable bonds is 6. The zero-order chi connectivity index (χ0) is 22.0. The maximum Gasteiger partial charge on any atom is 0.227 e. The predicted octanol–water partition coefficient (Wildman–Crippen LogP) is 3.47. The minimum absolute atomic E-state index is 0.0741. The van der Waals surface area contributed by atoms with Gasteiger partial charge in [-0.25, -0.2) is 0 Å². The first-order chi connectivity index (χ1) is 15.0. The summed E-state index contributed by atoms with van der Waals surface area (Å²) in [6.45, 7) is -0.572. The van der Waals surface area contributed by atoms with Crippen LogP contribution in [0.5, 0.6) is 5.75 Å². The van der Waals surface area contributed by atoms with Gasteiger partial charge in [0.15, 0.2) is 11.5 Å². The Hall–Kier alpha value is -4.15. The number of aromatic amines is 1. The van der Waals surface area contributed by atoms with Crippen molar-refractivity contribution < 1.29 is 19.4 Å². The van der Waals surface area contributed by atoms with Crippen molar-refractivity contribution in [3.63, 3.8) is 0 Å². The summed E-state index contributed by atoms with van der Waals surface area (Å²) in [5.41, 5.74) is 0.817. The molecule has 0 amide bonds. The molecule has 154 valence electrons. The van der Waals surface area contributed by atoms with E-state index in [4.69, 9.17) is 4.42 Å². The molecule has 0 aliphatic rings. The minimum Gasteiger partial charge on any atom is -0.502 e. The first-order valence-electron chi connectivity index (χ1n) is 9.56. The molecule has 0 aliphatic heterocycles. The Morgan fingerprint density at radius 3 is 2.55 bits per heavy atom. The molecule has 7 nitrogen and oxygen atoms in total. The lowest BCUT2D eigenvalue weighted by atomic mass is 9.80. The lowest BCUT2D eigenvalue weighted by Crippen LogP contribution is -2.23. The Balaban J connectivity index is 1.91. The van der Waals surface area contributed by atoms with Gasteiger partial charge < -0.3 is 19.6 Å². The Morgan fingerprint density at radius 2 is 1.84 bits per heavy atom. The third-order valence-electron chi connectivity index (χ3n) is 5.21. The van der Waals surface area contributed by atoms with Crippen molar-refractivity contribution in [2.45, 2.75) is 12.5 Å². The second-order valence-electron chi connectivity index (χ2n) is 7.06. The number of aliphatic hydroxyl groups is 1. The summed E-state index contributed by atoms with van der Waals surface area (Å²) in [4.78, 5) is 28.8. The van der Waals surface area contributed by atoms with Crippen LogP contribution in [0.2, 0.25) is 0 Å². The van der Waals surface area contributed by atoms with Crippen molar-refractivity contribution in [2.24, 2.45) is 5.92 Å². The van der Waals surface area contributed by atoms with E-state index in [0.717, 1.165) is 11.6 Å². The molecule has 2 unspecified atom stereocenters. The molecule has 7 heteroatoms. The molecule has 2 heterocycles. The number of carbonyl (C=O) groups excluding carboxylic acids is 1. The van der Waals surface area contributed by atoms with Gasteiger partial charge in [0, 0.05) is 28.7 Å². The molecule has 31 heavy (non-hydrogen) atoms. The Morgan fingerprint density at radius 1 is 1.13 bits per heavy atom. The van der Waals surface area contributed by atoms with E-state index in [1.54, 1.807) is 48.7 Å². The third-order valence-corrected chi connectivity index (χ3v) is 5.21. The standard InChI is InChI=1S/C24H18N2O5/c25-11-17(22(29)18-12-26-19-9-5-4-8-16(18)19)21(14-6-2-1-3-7-14)24-23(30)20(28)10-15(13-27)31-24/h1-10,12,17,21,26-27,30H,13H2. The summed E-state index contributed by atoms with van der Waals surface area (Å²) >= 11 is 0. The molecule has 2 aromatic carbocycles. The number of hydrogen-bond donors (Lipinski definition) is 3. The van der Waals surface area contributed by atoms with Crippen LogP contribution in [0.25, 0.3) is 10.9 Å². The van der Waals surface area contributed by atoms with Gasteiger partial charge in [-0.2, -0.15) is 5.26 Å². The average Bonchev–Trinajstić information content (AvgIpc) is 3.24. The molecule has 3 N–H and O–H groups in total. The fourth-order valence-corrected chi connectivity index (χ4v) is 3.73. The number of aromatic nitrogens is 1. The van der Waals surface area contributed by atoms with E-state index in [0.29, 0.717) is 16.5 Å². The first-order valence-corrected chi connectivity index (χ1v) is 9.56. The third kappa shape index (κ3) is 3.61. The first kappa shape index (κ1) is 20.1. The lowest BCUT2D eigenvalue weighted by Gasteiger charge is -2.22. The van der Waals surface area contributed by atoms with E-state index >= 15 is 0 Å². The van der Waals surface area contributed by atoms with E-state index < -0.39 is 35.4 Å². The highest BCUT2D eigenvalue weighted by atomic mass is 16.4. The van der Waals surface area contributed by atoms with Crippen LogP contribution in [0.4, 0.5) is 0 Å².